The molecular weight excluding hydrogens is 430 g/mol. The van der Waals surface area contributed by atoms with E-state index in [4.69, 9.17) is 9.47 Å². The van der Waals surface area contributed by atoms with Gasteiger partial charge in [-0.05, 0) is 60.5 Å². The first-order valence-corrected chi connectivity index (χ1v) is 10.7. The second-order valence-corrected chi connectivity index (χ2v) is 7.62. The Bertz CT molecular complexity index is 1090. The molecule has 0 unspecified atom stereocenters. The molecule has 0 saturated carbocycles. The van der Waals surface area contributed by atoms with E-state index in [2.05, 4.69) is 20.3 Å². The maximum atomic E-state index is 11.8. The number of hydrogen-bond donors (Lipinski definition) is 1. The number of hydrogen-bond acceptors (Lipinski definition) is 8. The van der Waals surface area contributed by atoms with Crippen LogP contribution in [-0.2, 0) is 20.9 Å². The topological polar surface area (TPSA) is 98.6 Å². The minimum atomic E-state index is -0.611. The van der Waals surface area contributed by atoms with E-state index in [-0.39, 0.29) is 10.1 Å². The summed E-state index contributed by atoms with van der Waals surface area (Å²) in [5.41, 5.74) is 3.02. The van der Waals surface area contributed by atoms with Gasteiger partial charge in [-0.1, -0.05) is 24.3 Å². The van der Waals surface area contributed by atoms with Crippen molar-refractivity contribution in [3.63, 3.8) is 0 Å². The third-order valence-corrected chi connectivity index (χ3v) is 5.27. The molecule has 3 rings (SSSR count). The van der Waals surface area contributed by atoms with E-state index in [9.17, 15) is 9.59 Å². The van der Waals surface area contributed by atoms with Crippen molar-refractivity contribution in [2.24, 2.45) is 10.2 Å². The van der Waals surface area contributed by atoms with E-state index < -0.39 is 11.9 Å². The molecule has 2 aromatic rings. The molecule has 0 bridgehead atoms. The van der Waals surface area contributed by atoms with Crippen LogP contribution in [0.4, 0.5) is 0 Å². The van der Waals surface area contributed by atoms with Gasteiger partial charge < -0.3 is 14.2 Å². The van der Waals surface area contributed by atoms with Gasteiger partial charge in [-0.15, -0.1) is 5.10 Å². The zero-order chi connectivity index (χ0) is 22.9. The van der Waals surface area contributed by atoms with Crippen LogP contribution in [0.15, 0.2) is 63.6 Å². The number of amides is 1. The highest BCUT2D eigenvalue weighted by Crippen LogP contribution is 2.29. The zero-order valence-corrected chi connectivity index (χ0v) is 18.8. The molecule has 1 saturated heterocycles. The Hall–Kier alpha value is -3.59. The molecule has 1 aliphatic heterocycles. The van der Waals surface area contributed by atoms with Gasteiger partial charge in [0.2, 0.25) is 0 Å². The first-order valence-electron chi connectivity index (χ1n) is 9.84. The Kier molecular flexibility index (Phi) is 8.04. The standard InChI is InChI=1S/C23H23N3O5S/c1-4-30-19-11-16(9-10-18(19)31-14-17-8-6-5-7-15(17)2)13-24-26-23-25-22(28)20(32-23)12-21(27)29-3/h5-13H,4,14H2,1-3H3,(H,25,26,28)/b20-12+,24-13?. The fourth-order valence-electron chi connectivity index (χ4n) is 2.71. The van der Waals surface area contributed by atoms with E-state index in [0.717, 1.165) is 34.5 Å². The number of benzene rings is 2. The number of rotatable bonds is 8. The maximum absolute atomic E-state index is 11.8. The van der Waals surface area contributed by atoms with Gasteiger partial charge in [-0.2, -0.15) is 5.10 Å². The summed E-state index contributed by atoms with van der Waals surface area (Å²) in [6.07, 6.45) is 2.64. The summed E-state index contributed by atoms with van der Waals surface area (Å²) >= 11 is 1.01. The number of methoxy groups -OCH3 is 1. The van der Waals surface area contributed by atoms with Crippen molar-refractivity contribution in [1.29, 1.82) is 0 Å². The summed E-state index contributed by atoms with van der Waals surface area (Å²) < 4.78 is 16.2. The van der Waals surface area contributed by atoms with Gasteiger partial charge in [0.25, 0.3) is 5.91 Å². The van der Waals surface area contributed by atoms with Gasteiger partial charge in [0.05, 0.1) is 24.8 Å². The van der Waals surface area contributed by atoms with Crippen LogP contribution in [0.1, 0.15) is 23.6 Å². The third kappa shape index (κ3) is 6.21. The first kappa shape index (κ1) is 23.1. The third-order valence-electron chi connectivity index (χ3n) is 4.37. The number of amidine groups is 1. The first-order chi connectivity index (χ1) is 15.5. The number of carbonyl (C=O) groups excluding carboxylic acids is 2. The molecular formula is C23H23N3O5S. The molecule has 0 atom stereocenters. The van der Waals surface area contributed by atoms with Crippen molar-refractivity contribution in [2.45, 2.75) is 20.5 Å². The molecule has 8 nitrogen and oxygen atoms in total. The Balaban J connectivity index is 1.69. The molecule has 0 aromatic heterocycles. The van der Waals surface area contributed by atoms with Crippen molar-refractivity contribution in [2.75, 3.05) is 13.7 Å². The highest BCUT2D eigenvalue weighted by atomic mass is 32.2. The van der Waals surface area contributed by atoms with Crippen molar-refractivity contribution in [3.05, 3.63) is 70.1 Å². The second kappa shape index (κ2) is 11.1. The number of thioether (sulfide) groups is 1. The molecule has 0 aliphatic carbocycles. The van der Waals surface area contributed by atoms with Crippen molar-refractivity contribution in [3.8, 4) is 11.5 Å². The minimum Gasteiger partial charge on any atom is -0.490 e. The number of ether oxygens (including phenoxy) is 3. The van der Waals surface area contributed by atoms with Gasteiger partial charge in [-0.25, -0.2) is 4.79 Å². The molecule has 32 heavy (non-hydrogen) atoms. The lowest BCUT2D eigenvalue weighted by Crippen LogP contribution is -2.19. The van der Waals surface area contributed by atoms with E-state index >= 15 is 0 Å². The fourth-order valence-corrected chi connectivity index (χ4v) is 3.45. The Morgan fingerprint density at radius 2 is 1.97 bits per heavy atom. The van der Waals surface area contributed by atoms with Crippen LogP contribution in [0.5, 0.6) is 11.5 Å². The molecule has 0 spiro atoms. The average molecular weight is 454 g/mol. The largest absolute Gasteiger partial charge is 0.490 e. The highest BCUT2D eigenvalue weighted by Gasteiger charge is 2.25. The van der Waals surface area contributed by atoms with Crippen LogP contribution < -0.4 is 14.8 Å². The molecule has 0 radical (unpaired) electrons. The van der Waals surface area contributed by atoms with Gasteiger partial charge in [0.1, 0.15) is 6.61 Å². The van der Waals surface area contributed by atoms with Crippen molar-refractivity contribution < 1.29 is 23.8 Å². The normalized spacial score (nSPS) is 15.9. The van der Waals surface area contributed by atoms with Crippen LogP contribution in [0.3, 0.4) is 0 Å². The molecule has 1 N–H and O–H groups in total. The predicted molar refractivity (Wildman–Crippen MR) is 124 cm³/mol. The van der Waals surface area contributed by atoms with Crippen LogP contribution >= 0.6 is 11.8 Å². The Labute approximate surface area is 190 Å². The summed E-state index contributed by atoms with van der Waals surface area (Å²) in [7, 11) is 1.24. The van der Waals surface area contributed by atoms with E-state index in [0.29, 0.717) is 24.7 Å². The molecule has 9 heteroatoms. The van der Waals surface area contributed by atoms with E-state index in [1.54, 1.807) is 0 Å². The lowest BCUT2D eigenvalue weighted by Gasteiger charge is -2.13. The van der Waals surface area contributed by atoms with Crippen molar-refractivity contribution in [1.82, 2.24) is 5.32 Å². The molecule has 1 amide bonds. The SMILES string of the molecule is CCOc1cc(C=N/N=C2/NC(=O)/C(=C\C(=O)OC)S2)ccc1OCc1ccccc1C. The van der Waals surface area contributed by atoms with Gasteiger partial charge >= 0.3 is 5.97 Å². The Morgan fingerprint density at radius 1 is 1.16 bits per heavy atom. The van der Waals surface area contributed by atoms with Crippen LogP contribution in [0.2, 0.25) is 0 Å². The quantitative estimate of drug-likeness (QED) is 0.284. The van der Waals surface area contributed by atoms with Gasteiger partial charge in [0, 0.05) is 6.08 Å². The summed E-state index contributed by atoms with van der Waals surface area (Å²) in [4.78, 5) is 23.3. The maximum Gasteiger partial charge on any atom is 0.331 e. The number of nitrogens with one attached hydrogen (secondary N) is 1. The predicted octanol–water partition coefficient (Wildman–Crippen LogP) is 3.58. The summed E-state index contributed by atoms with van der Waals surface area (Å²) in [6.45, 7) is 4.87. The molecule has 166 valence electrons. The average Bonchev–Trinajstić information content (AvgIpc) is 3.13. The second-order valence-electron chi connectivity index (χ2n) is 6.59. The van der Waals surface area contributed by atoms with Crippen LogP contribution in [-0.4, -0.2) is 37.0 Å². The lowest BCUT2D eigenvalue weighted by atomic mass is 10.1. The number of aryl methyl sites for hydroxylation is 1. The van der Waals surface area contributed by atoms with E-state index in [1.807, 2.05) is 56.3 Å². The van der Waals surface area contributed by atoms with Crippen molar-refractivity contribution >= 4 is 35.0 Å². The molecule has 2 aromatic carbocycles. The van der Waals surface area contributed by atoms with Crippen LogP contribution in [0.25, 0.3) is 0 Å². The fraction of sp³-hybridized carbons (Fsp3) is 0.217. The smallest absolute Gasteiger partial charge is 0.331 e. The number of carbonyl (C=O) groups is 2. The number of nitrogens with zero attached hydrogens (tertiary/aromatic N) is 2. The van der Waals surface area contributed by atoms with Crippen LogP contribution in [0, 0.1) is 6.92 Å². The molecule has 1 aliphatic rings. The number of esters is 1. The minimum absolute atomic E-state index is 0.194. The summed E-state index contributed by atoms with van der Waals surface area (Å²) in [5.74, 6) is 0.197. The molecule has 1 heterocycles. The summed E-state index contributed by atoms with van der Waals surface area (Å²) in [6, 6.07) is 13.5. The van der Waals surface area contributed by atoms with E-state index in [1.165, 1.54) is 13.3 Å². The lowest BCUT2D eigenvalue weighted by molar-refractivity contribution is -0.135. The summed E-state index contributed by atoms with van der Waals surface area (Å²) in [5, 5.41) is 10.8. The molecule has 1 fully saturated rings. The van der Waals surface area contributed by atoms with Gasteiger partial charge in [0.15, 0.2) is 16.7 Å². The Morgan fingerprint density at radius 3 is 2.72 bits per heavy atom. The van der Waals surface area contributed by atoms with Gasteiger partial charge in [-0.3, -0.25) is 10.1 Å². The highest BCUT2D eigenvalue weighted by molar-refractivity contribution is 8.18. The zero-order valence-electron chi connectivity index (χ0n) is 18.0. The monoisotopic (exact) mass is 453 g/mol.